The van der Waals surface area contributed by atoms with Crippen LogP contribution in [0.15, 0.2) is 93.0 Å². The van der Waals surface area contributed by atoms with E-state index in [-0.39, 0.29) is 17.9 Å². The molecule has 4 aromatic rings. The molecule has 1 aliphatic rings. The lowest BCUT2D eigenvalue weighted by Crippen LogP contribution is -2.30. The van der Waals surface area contributed by atoms with Gasteiger partial charge in [-0.05, 0) is 60.9 Å². The number of aliphatic hydroxyl groups is 1. The number of hydrogen-bond acceptors (Lipinski definition) is 6. The maximum atomic E-state index is 13.8. The topological polar surface area (TPSA) is 97.0 Å². The van der Waals surface area contributed by atoms with Crippen molar-refractivity contribution in [2.75, 3.05) is 6.61 Å². The number of rotatable bonds is 8. The number of halogens is 1. The van der Waals surface area contributed by atoms with E-state index in [1.165, 1.54) is 4.90 Å². The van der Waals surface area contributed by atoms with Crippen molar-refractivity contribution in [2.45, 2.75) is 32.9 Å². The highest BCUT2D eigenvalue weighted by Gasteiger charge is 2.44. The predicted molar refractivity (Wildman–Crippen MR) is 149 cm³/mol. The third-order valence-corrected chi connectivity index (χ3v) is 7.08. The molecule has 0 spiro atoms. The molecule has 3 aromatic carbocycles. The molecule has 8 heteroatoms. The number of aryl methyl sites for hydroxylation is 1. The van der Waals surface area contributed by atoms with E-state index in [9.17, 15) is 19.5 Å². The maximum absolute atomic E-state index is 13.8. The Morgan fingerprint density at radius 3 is 2.54 bits per heavy atom. The first kappa shape index (κ1) is 26.4. The van der Waals surface area contributed by atoms with Gasteiger partial charge >= 0.3 is 5.97 Å². The van der Waals surface area contributed by atoms with Crippen LogP contribution >= 0.6 is 15.9 Å². The van der Waals surface area contributed by atoms with Gasteiger partial charge in [-0.15, -0.1) is 0 Å². The maximum Gasteiger partial charge on any atom is 0.338 e. The van der Waals surface area contributed by atoms with Crippen molar-refractivity contribution in [3.8, 4) is 0 Å². The first-order valence-electron chi connectivity index (χ1n) is 12.6. The molecule has 0 aliphatic carbocycles. The summed E-state index contributed by atoms with van der Waals surface area (Å²) < 4.78 is 11.8. The fourth-order valence-electron chi connectivity index (χ4n) is 4.72. The fourth-order valence-corrected chi connectivity index (χ4v) is 5.09. The van der Waals surface area contributed by atoms with Crippen molar-refractivity contribution < 1.29 is 28.6 Å². The van der Waals surface area contributed by atoms with Crippen LogP contribution in [-0.4, -0.2) is 34.3 Å². The van der Waals surface area contributed by atoms with E-state index in [2.05, 4.69) is 15.9 Å². The molecule has 0 saturated heterocycles. The largest absolute Gasteiger partial charge is 0.503 e. The Bertz CT molecular complexity index is 1620. The lowest BCUT2D eigenvalue weighted by molar-refractivity contribution is -0.130. The minimum atomic E-state index is -0.834. The number of fused-ring (bicyclic) bond motifs is 1. The Kier molecular flexibility index (Phi) is 7.39. The van der Waals surface area contributed by atoms with Crippen LogP contribution in [0.2, 0.25) is 0 Å². The van der Waals surface area contributed by atoms with E-state index in [0.717, 1.165) is 27.4 Å². The summed E-state index contributed by atoms with van der Waals surface area (Å²) in [5, 5.41) is 11.7. The highest BCUT2D eigenvalue weighted by Crippen LogP contribution is 2.41. The van der Waals surface area contributed by atoms with Gasteiger partial charge in [-0.2, -0.15) is 0 Å². The van der Waals surface area contributed by atoms with Gasteiger partial charge in [0.1, 0.15) is 5.58 Å². The zero-order valence-electron chi connectivity index (χ0n) is 21.4. The lowest BCUT2D eigenvalue weighted by atomic mass is 9.94. The zero-order chi connectivity index (χ0) is 27.7. The lowest BCUT2D eigenvalue weighted by Gasteiger charge is -2.27. The first-order chi connectivity index (χ1) is 18.8. The minimum Gasteiger partial charge on any atom is -0.503 e. The number of benzene rings is 3. The van der Waals surface area contributed by atoms with Crippen molar-refractivity contribution in [1.82, 2.24) is 4.90 Å². The van der Waals surface area contributed by atoms with Gasteiger partial charge in [0.2, 0.25) is 5.78 Å². The minimum absolute atomic E-state index is 0.0342. The van der Waals surface area contributed by atoms with Crippen LogP contribution in [0.5, 0.6) is 0 Å². The molecule has 1 atom stereocenters. The normalized spacial score (nSPS) is 15.3. The molecule has 7 nitrogen and oxygen atoms in total. The summed E-state index contributed by atoms with van der Waals surface area (Å²) in [6, 6.07) is 20.4. The summed E-state index contributed by atoms with van der Waals surface area (Å²) in [5.41, 5.74) is 3.25. The molecule has 1 N–H and O–H groups in total. The standard InChI is InChI=1S/C31H26BrNO6/c1-3-13-38-31(37)20-9-7-19(8-10-20)17-33-27(21-6-4-5-18(2)14-21)26(29(35)30(33)36)28(34)25-16-22-15-23(32)11-12-24(22)39-25/h4-12,14-16,27,35H,3,13,17H2,1-2H3. The molecule has 1 unspecified atom stereocenters. The molecule has 5 rings (SSSR count). The summed E-state index contributed by atoms with van der Waals surface area (Å²) in [6.07, 6.45) is 0.727. The number of hydrogen-bond donors (Lipinski definition) is 1. The number of aliphatic hydroxyl groups excluding tert-OH is 1. The second-order valence-corrected chi connectivity index (χ2v) is 10.4. The van der Waals surface area contributed by atoms with E-state index in [1.54, 1.807) is 36.4 Å². The number of Topliss-reactive ketones (excluding diaryl/α,β-unsaturated/α-hetero) is 1. The van der Waals surface area contributed by atoms with Crippen LogP contribution < -0.4 is 0 Å². The van der Waals surface area contributed by atoms with Crippen LogP contribution in [0, 0.1) is 6.92 Å². The number of ketones is 1. The zero-order valence-corrected chi connectivity index (χ0v) is 23.0. The number of ether oxygens (including phenoxy) is 1. The van der Waals surface area contributed by atoms with Crippen LogP contribution in [0.3, 0.4) is 0 Å². The molecule has 1 aromatic heterocycles. The highest BCUT2D eigenvalue weighted by atomic mass is 79.9. The van der Waals surface area contributed by atoms with Gasteiger partial charge in [-0.25, -0.2) is 4.79 Å². The predicted octanol–water partition coefficient (Wildman–Crippen LogP) is 6.85. The molecule has 0 saturated carbocycles. The smallest absolute Gasteiger partial charge is 0.338 e. The van der Waals surface area contributed by atoms with E-state index in [1.807, 2.05) is 50.2 Å². The van der Waals surface area contributed by atoms with Gasteiger partial charge in [0, 0.05) is 16.4 Å². The average molecular weight is 588 g/mol. The quantitative estimate of drug-likeness (QED) is 0.179. The summed E-state index contributed by atoms with van der Waals surface area (Å²) in [4.78, 5) is 40.8. The van der Waals surface area contributed by atoms with Crippen molar-refractivity contribution in [3.63, 3.8) is 0 Å². The number of nitrogens with zero attached hydrogens (tertiary/aromatic N) is 1. The second-order valence-electron chi connectivity index (χ2n) is 9.47. The number of carbonyl (C=O) groups excluding carboxylic acids is 3. The second kappa shape index (κ2) is 10.9. The van der Waals surface area contributed by atoms with Gasteiger partial charge < -0.3 is 19.2 Å². The molecular formula is C31H26BrNO6. The van der Waals surface area contributed by atoms with Crippen LogP contribution in [0.1, 0.15) is 57.0 Å². The monoisotopic (exact) mass is 587 g/mol. The summed E-state index contributed by atoms with van der Waals surface area (Å²) in [6.45, 7) is 4.29. The third-order valence-electron chi connectivity index (χ3n) is 6.59. The molecule has 0 radical (unpaired) electrons. The van der Waals surface area contributed by atoms with Crippen molar-refractivity contribution in [3.05, 3.63) is 117 Å². The Labute approximate surface area is 233 Å². The Morgan fingerprint density at radius 2 is 1.82 bits per heavy atom. The van der Waals surface area contributed by atoms with Gasteiger partial charge in [0.15, 0.2) is 11.5 Å². The first-order valence-corrected chi connectivity index (χ1v) is 13.4. The summed E-state index contributed by atoms with van der Waals surface area (Å²) in [7, 11) is 0. The highest BCUT2D eigenvalue weighted by molar-refractivity contribution is 9.10. The molecular weight excluding hydrogens is 562 g/mol. The summed E-state index contributed by atoms with van der Waals surface area (Å²) in [5.74, 6) is -2.20. The Morgan fingerprint density at radius 1 is 1.05 bits per heavy atom. The molecule has 39 heavy (non-hydrogen) atoms. The van der Waals surface area contributed by atoms with Crippen LogP contribution in [0.4, 0.5) is 0 Å². The average Bonchev–Trinajstić information content (AvgIpc) is 3.46. The Hall–Kier alpha value is -4.17. The van der Waals surface area contributed by atoms with Gasteiger partial charge in [-0.3, -0.25) is 9.59 Å². The fraction of sp³-hybridized carbons (Fsp3) is 0.194. The number of esters is 1. The van der Waals surface area contributed by atoms with Gasteiger partial charge in [-0.1, -0.05) is 64.8 Å². The SMILES string of the molecule is CCCOC(=O)c1ccc(CN2C(=O)C(O)=C(C(=O)c3cc4cc(Br)ccc4o3)C2c2cccc(C)c2)cc1. The van der Waals surface area contributed by atoms with E-state index < -0.39 is 29.5 Å². The third kappa shape index (κ3) is 5.25. The van der Waals surface area contributed by atoms with Gasteiger partial charge in [0.05, 0.1) is 23.8 Å². The molecule has 1 aliphatic heterocycles. The van der Waals surface area contributed by atoms with Crippen LogP contribution in [0.25, 0.3) is 11.0 Å². The molecule has 198 valence electrons. The van der Waals surface area contributed by atoms with Crippen molar-refractivity contribution in [1.29, 1.82) is 0 Å². The molecule has 0 fully saturated rings. The number of carbonyl (C=O) groups is 3. The molecule has 0 bridgehead atoms. The molecule has 2 heterocycles. The van der Waals surface area contributed by atoms with Gasteiger partial charge in [0.25, 0.3) is 5.91 Å². The number of furan rings is 1. The van der Waals surface area contributed by atoms with Crippen molar-refractivity contribution in [2.24, 2.45) is 0 Å². The van der Waals surface area contributed by atoms with Crippen LogP contribution in [-0.2, 0) is 16.1 Å². The Balaban J connectivity index is 1.50. The summed E-state index contributed by atoms with van der Waals surface area (Å²) >= 11 is 3.42. The van der Waals surface area contributed by atoms with E-state index >= 15 is 0 Å². The van der Waals surface area contributed by atoms with E-state index in [0.29, 0.717) is 23.3 Å². The van der Waals surface area contributed by atoms with Crippen molar-refractivity contribution >= 4 is 44.6 Å². The number of amides is 1. The molecule has 1 amide bonds. The van der Waals surface area contributed by atoms with E-state index in [4.69, 9.17) is 9.15 Å².